The molecule has 0 aliphatic carbocycles. The molecule has 0 aliphatic heterocycles. The SMILES string of the molecule is CCCCCCCCCCCCCCCC[N+](C)(C)C.[BiH3].[Cl-]. The fraction of sp³-hybridized carbons (Fsp3) is 1.00. The van der Waals surface area contributed by atoms with Crippen LogP contribution in [-0.4, -0.2) is 58.4 Å². The first-order valence-corrected chi connectivity index (χ1v) is 9.36. The van der Waals surface area contributed by atoms with Gasteiger partial charge in [0.25, 0.3) is 0 Å². The van der Waals surface area contributed by atoms with Gasteiger partial charge in [0.1, 0.15) is 0 Å². The molecule has 0 saturated carbocycles. The van der Waals surface area contributed by atoms with E-state index in [4.69, 9.17) is 0 Å². The Labute approximate surface area is 167 Å². The normalized spacial score (nSPS) is 10.9. The molecule has 0 aliphatic rings. The quantitative estimate of drug-likeness (QED) is 0.172. The molecule has 0 N–H and O–H groups in total. The fourth-order valence-corrected chi connectivity index (χ4v) is 2.78. The van der Waals surface area contributed by atoms with Crippen LogP contribution in [0.15, 0.2) is 0 Å². The Bertz CT molecular complexity index is 192. The minimum atomic E-state index is 0. The van der Waals surface area contributed by atoms with E-state index >= 15 is 0 Å². The molecule has 3 heteroatoms. The predicted octanol–water partition coefficient (Wildman–Crippen LogP) is 1.99. The van der Waals surface area contributed by atoms with Gasteiger partial charge in [0.15, 0.2) is 0 Å². The maximum absolute atomic E-state index is 2.29. The molecule has 0 bridgehead atoms. The largest absolute Gasteiger partial charge is 1.00 e. The van der Waals surface area contributed by atoms with Gasteiger partial charge in [0.2, 0.25) is 0 Å². The van der Waals surface area contributed by atoms with E-state index < -0.39 is 0 Å². The Morgan fingerprint density at radius 3 is 1.05 bits per heavy atom. The van der Waals surface area contributed by atoms with Crippen LogP contribution >= 0.6 is 0 Å². The van der Waals surface area contributed by atoms with Crippen LogP contribution in [0.4, 0.5) is 0 Å². The van der Waals surface area contributed by atoms with Gasteiger partial charge in [-0.1, -0.05) is 84.0 Å². The Kier molecular flexibility index (Phi) is 25.6. The molecule has 0 fully saturated rings. The topological polar surface area (TPSA) is 0 Å². The second-order valence-electron chi connectivity index (χ2n) is 7.61. The van der Waals surface area contributed by atoms with Crippen LogP contribution in [-0.2, 0) is 0 Å². The van der Waals surface area contributed by atoms with E-state index in [9.17, 15) is 0 Å². The Morgan fingerprint density at radius 1 is 0.500 bits per heavy atom. The molecule has 0 amide bonds. The first kappa shape index (κ1) is 28.0. The van der Waals surface area contributed by atoms with E-state index in [2.05, 4.69) is 28.1 Å². The van der Waals surface area contributed by atoms with Crippen molar-refractivity contribution >= 4 is 26.2 Å². The van der Waals surface area contributed by atoms with Crippen molar-refractivity contribution in [2.24, 2.45) is 0 Å². The summed E-state index contributed by atoms with van der Waals surface area (Å²) >= 11 is 0. The van der Waals surface area contributed by atoms with E-state index in [0.29, 0.717) is 0 Å². The fourth-order valence-electron chi connectivity index (χ4n) is 2.78. The zero-order chi connectivity index (χ0) is 15.1. The Balaban J connectivity index is -0.00000180. The van der Waals surface area contributed by atoms with Crippen molar-refractivity contribution in [3.63, 3.8) is 0 Å². The summed E-state index contributed by atoms with van der Waals surface area (Å²) in [5, 5.41) is 0. The summed E-state index contributed by atoms with van der Waals surface area (Å²) in [5.41, 5.74) is 0. The Morgan fingerprint density at radius 2 is 0.773 bits per heavy atom. The number of halogens is 1. The van der Waals surface area contributed by atoms with E-state index in [1.54, 1.807) is 0 Å². The van der Waals surface area contributed by atoms with Crippen molar-refractivity contribution in [2.45, 2.75) is 96.8 Å². The number of hydrogen-bond acceptors (Lipinski definition) is 0. The van der Waals surface area contributed by atoms with E-state index in [1.165, 1.54) is 96.4 Å². The molecule has 0 rings (SSSR count). The van der Waals surface area contributed by atoms with Crippen molar-refractivity contribution in [1.29, 1.82) is 0 Å². The van der Waals surface area contributed by atoms with Crippen molar-refractivity contribution in [3.05, 3.63) is 0 Å². The first-order valence-electron chi connectivity index (χ1n) is 9.36. The van der Waals surface area contributed by atoms with Gasteiger partial charge in [-0.2, -0.15) is 0 Å². The van der Waals surface area contributed by atoms with Gasteiger partial charge >= 0.3 is 26.2 Å². The van der Waals surface area contributed by atoms with Crippen molar-refractivity contribution in [2.75, 3.05) is 27.7 Å². The Hall–Kier alpha value is 1.13. The molecule has 1 nitrogen and oxygen atoms in total. The zero-order valence-corrected chi connectivity index (χ0v) is 22.4. The maximum atomic E-state index is 2.29. The van der Waals surface area contributed by atoms with Gasteiger partial charge in [-0.15, -0.1) is 0 Å². The van der Waals surface area contributed by atoms with Crippen LogP contribution in [0.2, 0.25) is 0 Å². The van der Waals surface area contributed by atoms with Gasteiger partial charge in [-0.25, -0.2) is 0 Å². The molecule has 0 atom stereocenters. The second-order valence-corrected chi connectivity index (χ2v) is 7.61. The molecule has 138 valence electrons. The third-order valence-electron chi connectivity index (χ3n) is 4.18. The van der Waals surface area contributed by atoms with E-state index in [0.717, 1.165) is 4.48 Å². The van der Waals surface area contributed by atoms with Crippen LogP contribution in [0, 0.1) is 0 Å². The first-order chi connectivity index (χ1) is 9.56. The third-order valence-corrected chi connectivity index (χ3v) is 4.18. The average molecular weight is 532 g/mol. The molecular formula is C19H45BiClN. The number of hydrogen-bond donors (Lipinski definition) is 0. The molecule has 0 saturated heterocycles. The summed E-state index contributed by atoms with van der Waals surface area (Å²) in [6, 6.07) is 0. The molecular weight excluding hydrogens is 487 g/mol. The number of rotatable bonds is 15. The molecule has 0 unspecified atom stereocenters. The average Bonchev–Trinajstić information content (AvgIpc) is 2.38. The van der Waals surface area contributed by atoms with E-state index in [1.807, 2.05) is 0 Å². The number of nitrogens with zero attached hydrogens (tertiary/aromatic N) is 1. The molecule has 22 heavy (non-hydrogen) atoms. The third kappa shape index (κ3) is 26.1. The molecule has 0 heterocycles. The van der Waals surface area contributed by atoms with Gasteiger partial charge < -0.3 is 16.9 Å². The predicted molar refractivity (Wildman–Crippen MR) is 103 cm³/mol. The van der Waals surface area contributed by atoms with Crippen LogP contribution in [0.1, 0.15) is 96.8 Å². The summed E-state index contributed by atoms with van der Waals surface area (Å²) in [6.07, 6.45) is 20.4. The summed E-state index contributed by atoms with van der Waals surface area (Å²) in [5.74, 6) is 0. The van der Waals surface area contributed by atoms with Gasteiger partial charge in [-0.05, 0) is 12.8 Å². The van der Waals surface area contributed by atoms with Crippen molar-refractivity contribution < 1.29 is 16.9 Å². The standard InChI is InChI=1S/C19H42N.Bi.ClH.3H/c1-5-6-7-8-9-10-11-12-13-14-15-16-17-18-19-20(2,3)4;;;;;/h5-19H2,1-4H3;;1H;;;/q+1;;;;;/p-1. The van der Waals surface area contributed by atoms with Crippen molar-refractivity contribution in [3.8, 4) is 0 Å². The summed E-state index contributed by atoms with van der Waals surface area (Å²) in [4.78, 5) is 0. The second kappa shape index (κ2) is 20.2. The van der Waals surface area contributed by atoms with Gasteiger partial charge in [0.05, 0.1) is 27.7 Å². The maximum Gasteiger partial charge on any atom is -1.00 e. The van der Waals surface area contributed by atoms with Crippen LogP contribution in [0.5, 0.6) is 0 Å². The summed E-state index contributed by atoms with van der Waals surface area (Å²) in [6.45, 7) is 3.63. The smallest absolute Gasteiger partial charge is 1.00 e. The van der Waals surface area contributed by atoms with Crippen LogP contribution in [0.3, 0.4) is 0 Å². The van der Waals surface area contributed by atoms with Gasteiger partial charge in [-0.3, -0.25) is 0 Å². The molecule has 0 aromatic rings. The molecule has 0 aromatic heterocycles. The summed E-state index contributed by atoms with van der Waals surface area (Å²) in [7, 11) is 6.88. The van der Waals surface area contributed by atoms with Gasteiger partial charge in [0, 0.05) is 0 Å². The summed E-state index contributed by atoms with van der Waals surface area (Å²) < 4.78 is 1.12. The zero-order valence-electron chi connectivity index (χ0n) is 16.1. The minimum Gasteiger partial charge on any atom is -1.00 e. The molecule has 0 radical (unpaired) electrons. The van der Waals surface area contributed by atoms with Crippen molar-refractivity contribution in [1.82, 2.24) is 0 Å². The molecule has 0 spiro atoms. The molecule has 0 aromatic carbocycles. The number of quaternary nitrogens is 1. The van der Waals surface area contributed by atoms with Crippen LogP contribution < -0.4 is 12.4 Å². The minimum absolute atomic E-state index is 0. The van der Waals surface area contributed by atoms with E-state index in [-0.39, 0.29) is 38.6 Å². The number of unbranched alkanes of at least 4 members (excludes halogenated alkanes) is 13. The monoisotopic (exact) mass is 531 g/mol. The van der Waals surface area contributed by atoms with Crippen LogP contribution in [0.25, 0.3) is 0 Å².